The van der Waals surface area contributed by atoms with E-state index in [9.17, 15) is 18.0 Å². The van der Waals surface area contributed by atoms with Crippen LogP contribution in [-0.4, -0.2) is 28.7 Å². The van der Waals surface area contributed by atoms with Gasteiger partial charge < -0.3 is 4.90 Å². The first-order valence-electron chi connectivity index (χ1n) is 6.98. The van der Waals surface area contributed by atoms with Gasteiger partial charge in [-0.2, -0.15) is 13.2 Å². The fraction of sp³-hybridized carbons (Fsp3) is 0.533. The van der Waals surface area contributed by atoms with Gasteiger partial charge in [0.2, 0.25) is 0 Å². The fourth-order valence-corrected chi connectivity index (χ4v) is 3.11. The van der Waals surface area contributed by atoms with Gasteiger partial charge in [-0.05, 0) is 37.8 Å². The number of benzene rings is 1. The molecule has 2 rings (SSSR count). The molecule has 1 aromatic rings. The third kappa shape index (κ3) is 3.78. The zero-order valence-corrected chi connectivity index (χ0v) is 13.1. The summed E-state index contributed by atoms with van der Waals surface area (Å²) in [4.78, 5) is 14.1. The van der Waals surface area contributed by atoms with Crippen LogP contribution in [0.3, 0.4) is 0 Å². The first-order chi connectivity index (χ1) is 9.95. The topological polar surface area (TPSA) is 20.3 Å². The van der Waals surface area contributed by atoms with Crippen LogP contribution in [0.1, 0.15) is 41.6 Å². The standard InChI is InChI=1S/C15H17BrF3NO/c16-9-3-5-11-6-4-10-20(11)14(21)12-7-1-2-8-13(12)15(17,18)19/h1-2,7-8,11H,3-6,9-10H2. The number of nitrogens with zero attached hydrogens (tertiary/aromatic N) is 1. The van der Waals surface area contributed by atoms with Crippen LogP contribution in [0.5, 0.6) is 0 Å². The average molecular weight is 364 g/mol. The number of carbonyl (C=O) groups is 1. The number of rotatable bonds is 4. The normalized spacial score (nSPS) is 19.0. The molecule has 1 atom stereocenters. The van der Waals surface area contributed by atoms with Crippen molar-refractivity contribution >= 4 is 21.8 Å². The molecule has 6 heteroatoms. The summed E-state index contributed by atoms with van der Waals surface area (Å²) in [6.07, 6.45) is -1.04. The summed E-state index contributed by atoms with van der Waals surface area (Å²) in [7, 11) is 0. The highest BCUT2D eigenvalue weighted by molar-refractivity contribution is 9.09. The van der Waals surface area contributed by atoms with Crippen molar-refractivity contribution in [3.05, 3.63) is 35.4 Å². The van der Waals surface area contributed by atoms with Gasteiger partial charge in [0, 0.05) is 17.9 Å². The van der Waals surface area contributed by atoms with Crippen LogP contribution in [0.15, 0.2) is 24.3 Å². The SMILES string of the molecule is O=C(c1ccccc1C(F)(F)F)N1CCCC1CCCBr. The van der Waals surface area contributed by atoms with Crippen LogP contribution in [-0.2, 0) is 6.18 Å². The molecule has 1 amide bonds. The maximum Gasteiger partial charge on any atom is 0.417 e. The Morgan fingerprint density at radius 3 is 2.71 bits per heavy atom. The summed E-state index contributed by atoms with van der Waals surface area (Å²) in [5.74, 6) is -0.500. The maximum absolute atomic E-state index is 13.0. The van der Waals surface area contributed by atoms with Gasteiger partial charge in [0.05, 0.1) is 11.1 Å². The molecule has 1 unspecified atom stereocenters. The lowest BCUT2D eigenvalue weighted by atomic mass is 10.0. The van der Waals surface area contributed by atoms with Gasteiger partial charge >= 0.3 is 6.18 Å². The molecule has 1 heterocycles. The Labute approximate surface area is 130 Å². The number of hydrogen-bond donors (Lipinski definition) is 0. The summed E-state index contributed by atoms with van der Waals surface area (Å²) in [6, 6.07) is 5.08. The predicted molar refractivity (Wildman–Crippen MR) is 78.5 cm³/mol. The minimum atomic E-state index is -4.50. The molecular weight excluding hydrogens is 347 g/mol. The van der Waals surface area contributed by atoms with E-state index in [-0.39, 0.29) is 11.6 Å². The van der Waals surface area contributed by atoms with E-state index in [0.717, 1.165) is 37.1 Å². The van der Waals surface area contributed by atoms with Gasteiger partial charge in [0.1, 0.15) is 0 Å². The average Bonchev–Trinajstić information content (AvgIpc) is 2.91. The minimum absolute atomic E-state index is 0.0522. The number of amides is 1. The van der Waals surface area contributed by atoms with Crippen molar-refractivity contribution in [3.63, 3.8) is 0 Å². The first kappa shape index (κ1) is 16.3. The smallest absolute Gasteiger partial charge is 0.336 e. The summed E-state index contributed by atoms with van der Waals surface area (Å²) >= 11 is 3.34. The minimum Gasteiger partial charge on any atom is -0.336 e. The third-order valence-electron chi connectivity index (χ3n) is 3.77. The van der Waals surface area contributed by atoms with E-state index in [4.69, 9.17) is 0 Å². The Morgan fingerprint density at radius 2 is 2.05 bits per heavy atom. The Kier molecular flexibility index (Phi) is 5.30. The lowest BCUT2D eigenvalue weighted by Gasteiger charge is -2.26. The Balaban J connectivity index is 2.24. The van der Waals surface area contributed by atoms with E-state index >= 15 is 0 Å². The molecule has 21 heavy (non-hydrogen) atoms. The lowest BCUT2D eigenvalue weighted by molar-refractivity contribution is -0.138. The van der Waals surface area contributed by atoms with Gasteiger partial charge in [0.25, 0.3) is 5.91 Å². The van der Waals surface area contributed by atoms with Crippen molar-refractivity contribution in [1.29, 1.82) is 0 Å². The molecule has 0 aromatic heterocycles. The third-order valence-corrected chi connectivity index (χ3v) is 4.33. The van der Waals surface area contributed by atoms with Crippen molar-refractivity contribution in [1.82, 2.24) is 4.90 Å². The van der Waals surface area contributed by atoms with E-state index in [1.54, 1.807) is 4.90 Å². The summed E-state index contributed by atoms with van der Waals surface area (Å²) in [5.41, 5.74) is -1.09. The van der Waals surface area contributed by atoms with Crippen LogP contribution in [0.25, 0.3) is 0 Å². The van der Waals surface area contributed by atoms with Crippen LogP contribution >= 0.6 is 15.9 Å². The molecule has 0 aliphatic carbocycles. The molecule has 0 N–H and O–H groups in total. The molecule has 116 valence electrons. The molecule has 0 radical (unpaired) electrons. The van der Waals surface area contributed by atoms with Crippen LogP contribution in [0.4, 0.5) is 13.2 Å². The van der Waals surface area contributed by atoms with Crippen LogP contribution < -0.4 is 0 Å². The molecule has 1 aliphatic heterocycles. The number of hydrogen-bond acceptors (Lipinski definition) is 1. The number of carbonyl (C=O) groups excluding carboxylic acids is 1. The molecule has 0 bridgehead atoms. The fourth-order valence-electron chi connectivity index (χ4n) is 2.79. The highest BCUT2D eigenvalue weighted by atomic mass is 79.9. The van der Waals surface area contributed by atoms with Gasteiger partial charge in [0.15, 0.2) is 0 Å². The summed E-state index contributed by atoms with van der Waals surface area (Å²) in [6.45, 7) is 0.540. The first-order valence-corrected chi connectivity index (χ1v) is 8.10. The monoisotopic (exact) mass is 363 g/mol. The second kappa shape index (κ2) is 6.81. The van der Waals surface area contributed by atoms with Gasteiger partial charge in [-0.15, -0.1) is 0 Å². The molecule has 1 saturated heterocycles. The molecule has 2 nitrogen and oxygen atoms in total. The Bertz CT molecular complexity index is 504. The second-order valence-electron chi connectivity index (χ2n) is 5.17. The van der Waals surface area contributed by atoms with Gasteiger partial charge in [-0.25, -0.2) is 0 Å². The Hall–Kier alpha value is -1.04. The zero-order chi connectivity index (χ0) is 15.5. The zero-order valence-electron chi connectivity index (χ0n) is 11.5. The summed E-state index contributed by atoms with van der Waals surface area (Å²) < 4.78 is 39.1. The van der Waals surface area contributed by atoms with Gasteiger partial charge in [-0.3, -0.25) is 4.79 Å². The van der Waals surface area contributed by atoms with Crippen molar-refractivity contribution in [3.8, 4) is 0 Å². The Morgan fingerprint density at radius 1 is 1.33 bits per heavy atom. The molecule has 1 aliphatic rings. The van der Waals surface area contributed by atoms with Crippen molar-refractivity contribution < 1.29 is 18.0 Å². The number of likely N-dealkylation sites (tertiary alicyclic amines) is 1. The lowest BCUT2D eigenvalue weighted by Crippen LogP contribution is -2.36. The van der Waals surface area contributed by atoms with Crippen molar-refractivity contribution in [2.24, 2.45) is 0 Å². The quantitative estimate of drug-likeness (QED) is 0.722. The molecule has 1 aromatic carbocycles. The highest BCUT2D eigenvalue weighted by Gasteiger charge is 2.37. The van der Waals surface area contributed by atoms with E-state index in [0.29, 0.717) is 6.54 Å². The number of alkyl halides is 4. The van der Waals surface area contributed by atoms with E-state index in [1.807, 2.05) is 0 Å². The molecular formula is C15H17BrF3NO. The van der Waals surface area contributed by atoms with Crippen molar-refractivity contribution in [2.75, 3.05) is 11.9 Å². The largest absolute Gasteiger partial charge is 0.417 e. The number of halogens is 4. The van der Waals surface area contributed by atoms with Crippen LogP contribution in [0, 0.1) is 0 Å². The maximum atomic E-state index is 13.0. The molecule has 0 saturated carbocycles. The highest BCUT2D eigenvalue weighted by Crippen LogP contribution is 2.33. The predicted octanol–water partition coefficient (Wildman–Crippen LogP) is 4.49. The van der Waals surface area contributed by atoms with Crippen molar-refractivity contribution in [2.45, 2.75) is 37.9 Å². The van der Waals surface area contributed by atoms with Gasteiger partial charge in [-0.1, -0.05) is 28.1 Å². The van der Waals surface area contributed by atoms with E-state index in [2.05, 4.69) is 15.9 Å². The second-order valence-corrected chi connectivity index (χ2v) is 5.96. The van der Waals surface area contributed by atoms with E-state index in [1.165, 1.54) is 18.2 Å². The summed E-state index contributed by atoms with van der Waals surface area (Å²) in [5, 5.41) is 0.838. The molecule has 0 spiro atoms. The van der Waals surface area contributed by atoms with Crippen LogP contribution in [0.2, 0.25) is 0 Å². The molecule has 1 fully saturated rings. The van der Waals surface area contributed by atoms with E-state index < -0.39 is 17.6 Å².